The van der Waals surface area contributed by atoms with Gasteiger partial charge in [0.2, 0.25) is 0 Å². The van der Waals surface area contributed by atoms with Crippen LogP contribution in [0.15, 0.2) is 10.6 Å². The molecule has 0 aliphatic heterocycles. The standard InChI is InChI=1S/C13H22N2O2S/c1-6-11-7-12(17-14-11)8-18-13(16)15(9(2)3)10(4)5/h7,9-10H,6,8H2,1-5H3. The van der Waals surface area contributed by atoms with Crippen molar-refractivity contribution in [1.82, 2.24) is 10.1 Å². The van der Waals surface area contributed by atoms with Crippen molar-refractivity contribution in [3.8, 4) is 0 Å². The molecule has 4 nitrogen and oxygen atoms in total. The second kappa shape index (κ2) is 6.83. The number of carbonyl (C=O) groups is 1. The highest BCUT2D eigenvalue weighted by Gasteiger charge is 2.20. The van der Waals surface area contributed by atoms with E-state index in [1.807, 2.05) is 45.6 Å². The van der Waals surface area contributed by atoms with E-state index in [4.69, 9.17) is 4.52 Å². The number of rotatable bonds is 5. The number of nitrogens with zero attached hydrogens (tertiary/aromatic N) is 2. The summed E-state index contributed by atoms with van der Waals surface area (Å²) in [6.45, 7) is 10.1. The van der Waals surface area contributed by atoms with Gasteiger partial charge in [-0.15, -0.1) is 0 Å². The zero-order valence-corrected chi connectivity index (χ0v) is 12.6. The predicted octanol–water partition coefficient (Wildman–Crippen LogP) is 3.71. The molecule has 0 aliphatic rings. The molecule has 0 saturated carbocycles. The van der Waals surface area contributed by atoms with Gasteiger partial charge in [-0.3, -0.25) is 4.79 Å². The molecule has 1 rings (SSSR count). The first-order valence-corrected chi connectivity index (χ1v) is 7.33. The highest BCUT2D eigenvalue weighted by molar-refractivity contribution is 8.12. The fourth-order valence-corrected chi connectivity index (χ4v) is 2.79. The summed E-state index contributed by atoms with van der Waals surface area (Å²) in [7, 11) is 0. The Bertz CT molecular complexity index is 380. The van der Waals surface area contributed by atoms with Crippen LogP contribution in [0, 0.1) is 0 Å². The SMILES string of the molecule is CCc1cc(CSC(=O)N(C(C)C)C(C)C)on1. The molecule has 0 N–H and O–H groups in total. The van der Waals surface area contributed by atoms with Gasteiger partial charge in [-0.25, -0.2) is 0 Å². The van der Waals surface area contributed by atoms with Gasteiger partial charge >= 0.3 is 0 Å². The van der Waals surface area contributed by atoms with Gasteiger partial charge in [0.1, 0.15) is 5.76 Å². The summed E-state index contributed by atoms with van der Waals surface area (Å²) >= 11 is 1.27. The number of hydrogen-bond acceptors (Lipinski definition) is 4. The van der Waals surface area contributed by atoms with Crippen molar-refractivity contribution < 1.29 is 9.32 Å². The molecule has 1 aromatic heterocycles. The summed E-state index contributed by atoms with van der Waals surface area (Å²) < 4.78 is 5.17. The molecule has 1 aromatic rings. The third-order valence-electron chi connectivity index (χ3n) is 2.63. The number of hydrogen-bond donors (Lipinski definition) is 0. The van der Waals surface area contributed by atoms with E-state index in [1.165, 1.54) is 11.8 Å². The molecule has 0 bridgehead atoms. The van der Waals surface area contributed by atoms with E-state index in [1.54, 1.807) is 0 Å². The third-order valence-corrected chi connectivity index (χ3v) is 3.52. The molecule has 0 spiro atoms. The minimum Gasteiger partial charge on any atom is -0.360 e. The Morgan fingerprint density at radius 1 is 1.39 bits per heavy atom. The lowest BCUT2D eigenvalue weighted by Crippen LogP contribution is -2.39. The Labute approximate surface area is 113 Å². The minimum absolute atomic E-state index is 0.0921. The molecular formula is C13H22N2O2S. The zero-order chi connectivity index (χ0) is 13.7. The van der Waals surface area contributed by atoms with Gasteiger partial charge in [-0.05, 0) is 34.1 Å². The molecule has 0 atom stereocenters. The molecule has 1 amide bonds. The molecular weight excluding hydrogens is 248 g/mol. The number of thioether (sulfide) groups is 1. The van der Waals surface area contributed by atoms with Crippen molar-refractivity contribution in [2.24, 2.45) is 0 Å². The Kier molecular flexibility index (Phi) is 5.72. The van der Waals surface area contributed by atoms with E-state index in [9.17, 15) is 4.79 Å². The van der Waals surface area contributed by atoms with E-state index in [0.29, 0.717) is 5.75 Å². The lowest BCUT2D eigenvalue weighted by atomic mass is 10.2. The Morgan fingerprint density at radius 2 is 2.00 bits per heavy atom. The summed E-state index contributed by atoms with van der Waals surface area (Å²) in [4.78, 5) is 14.0. The molecule has 0 saturated heterocycles. The third kappa shape index (κ3) is 4.05. The van der Waals surface area contributed by atoms with E-state index < -0.39 is 0 Å². The van der Waals surface area contributed by atoms with Gasteiger partial charge in [0.15, 0.2) is 0 Å². The van der Waals surface area contributed by atoms with Crippen LogP contribution in [0.25, 0.3) is 0 Å². The summed E-state index contributed by atoms with van der Waals surface area (Å²) in [6, 6.07) is 2.34. The molecule has 18 heavy (non-hydrogen) atoms. The summed E-state index contributed by atoms with van der Waals surface area (Å²) in [5, 5.41) is 4.01. The molecule has 102 valence electrons. The van der Waals surface area contributed by atoms with Crippen LogP contribution in [0.3, 0.4) is 0 Å². The van der Waals surface area contributed by atoms with Crippen LogP contribution in [0.2, 0.25) is 0 Å². The van der Waals surface area contributed by atoms with Crippen molar-refractivity contribution in [2.45, 2.75) is 58.9 Å². The first-order valence-electron chi connectivity index (χ1n) is 6.35. The van der Waals surface area contributed by atoms with E-state index in [-0.39, 0.29) is 17.3 Å². The Hall–Kier alpha value is -0.970. The van der Waals surface area contributed by atoms with Crippen LogP contribution >= 0.6 is 11.8 Å². The summed E-state index contributed by atoms with van der Waals surface area (Å²) in [5.74, 6) is 1.31. The van der Waals surface area contributed by atoms with Crippen LogP contribution in [0.4, 0.5) is 4.79 Å². The quantitative estimate of drug-likeness (QED) is 0.818. The highest BCUT2D eigenvalue weighted by atomic mass is 32.2. The second-order valence-corrected chi connectivity index (χ2v) is 5.71. The minimum atomic E-state index is 0.0921. The highest BCUT2D eigenvalue weighted by Crippen LogP contribution is 2.20. The number of aryl methyl sites for hydroxylation is 1. The summed E-state index contributed by atoms with van der Waals surface area (Å²) in [5.41, 5.74) is 0.933. The largest absolute Gasteiger partial charge is 0.360 e. The maximum atomic E-state index is 12.1. The van der Waals surface area contributed by atoms with Crippen molar-refractivity contribution in [3.63, 3.8) is 0 Å². The van der Waals surface area contributed by atoms with E-state index >= 15 is 0 Å². The molecule has 0 radical (unpaired) electrons. The first kappa shape index (κ1) is 15.1. The Morgan fingerprint density at radius 3 is 2.44 bits per heavy atom. The number of carbonyl (C=O) groups excluding carboxylic acids is 1. The van der Waals surface area contributed by atoms with E-state index in [0.717, 1.165) is 17.9 Å². The topological polar surface area (TPSA) is 46.3 Å². The van der Waals surface area contributed by atoms with Crippen molar-refractivity contribution >= 4 is 17.0 Å². The monoisotopic (exact) mass is 270 g/mol. The molecule has 0 fully saturated rings. The van der Waals surface area contributed by atoms with Crippen molar-refractivity contribution in [3.05, 3.63) is 17.5 Å². The average Bonchev–Trinajstić information content (AvgIpc) is 2.73. The van der Waals surface area contributed by atoms with Crippen LogP contribution in [-0.4, -0.2) is 27.4 Å². The molecule has 0 aromatic carbocycles. The van der Waals surface area contributed by atoms with Gasteiger partial charge in [-0.2, -0.15) is 0 Å². The maximum Gasteiger partial charge on any atom is 0.282 e. The van der Waals surface area contributed by atoms with Gasteiger partial charge in [0, 0.05) is 18.2 Å². The van der Waals surface area contributed by atoms with Gasteiger partial charge in [-0.1, -0.05) is 23.8 Å². The first-order chi connectivity index (χ1) is 8.45. The Balaban J connectivity index is 2.54. The van der Waals surface area contributed by atoms with Crippen LogP contribution < -0.4 is 0 Å². The number of amides is 1. The molecule has 1 heterocycles. The average molecular weight is 270 g/mol. The van der Waals surface area contributed by atoms with Crippen LogP contribution in [0.5, 0.6) is 0 Å². The number of aromatic nitrogens is 1. The fraction of sp³-hybridized carbons (Fsp3) is 0.692. The molecule has 0 unspecified atom stereocenters. The van der Waals surface area contributed by atoms with Gasteiger partial charge in [0.05, 0.1) is 11.4 Å². The predicted molar refractivity (Wildman–Crippen MR) is 74.7 cm³/mol. The fourth-order valence-electron chi connectivity index (χ4n) is 1.82. The van der Waals surface area contributed by atoms with Gasteiger partial charge < -0.3 is 9.42 Å². The van der Waals surface area contributed by atoms with E-state index in [2.05, 4.69) is 5.16 Å². The maximum absolute atomic E-state index is 12.1. The normalized spacial score (nSPS) is 11.3. The van der Waals surface area contributed by atoms with Crippen LogP contribution in [0.1, 0.15) is 46.1 Å². The van der Waals surface area contributed by atoms with Crippen molar-refractivity contribution in [2.75, 3.05) is 0 Å². The van der Waals surface area contributed by atoms with Crippen LogP contribution in [-0.2, 0) is 12.2 Å². The lowest BCUT2D eigenvalue weighted by molar-refractivity contribution is 0.190. The second-order valence-electron chi connectivity index (χ2n) is 4.79. The summed E-state index contributed by atoms with van der Waals surface area (Å²) in [6.07, 6.45) is 0.853. The van der Waals surface area contributed by atoms with Crippen molar-refractivity contribution in [1.29, 1.82) is 0 Å². The molecule has 5 heteroatoms. The molecule has 0 aliphatic carbocycles. The smallest absolute Gasteiger partial charge is 0.282 e. The lowest BCUT2D eigenvalue weighted by Gasteiger charge is -2.30. The van der Waals surface area contributed by atoms with Gasteiger partial charge in [0.25, 0.3) is 5.24 Å². The zero-order valence-electron chi connectivity index (χ0n) is 11.8.